The molecule has 0 aliphatic carbocycles. The number of hydrogen-bond acceptors (Lipinski definition) is 3. The number of nitrogens with one attached hydrogen (secondary N) is 1. The Morgan fingerprint density at radius 2 is 2.12 bits per heavy atom. The predicted molar refractivity (Wildman–Crippen MR) is 66.9 cm³/mol. The number of hydrogen-bond donors (Lipinski definition) is 2. The third-order valence-corrected chi connectivity index (χ3v) is 3.21. The van der Waals surface area contributed by atoms with Gasteiger partial charge in [-0.05, 0) is 12.1 Å². The summed E-state index contributed by atoms with van der Waals surface area (Å²) in [6.45, 7) is 2.40. The predicted octanol–water partition coefficient (Wildman–Crippen LogP) is 0.977. The molecule has 0 radical (unpaired) electrons. The van der Waals surface area contributed by atoms with Crippen LogP contribution in [-0.4, -0.2) is 16.3 Å². The number of aromatic nitrogens is 2. The van der Waals surface area contributed by atoms with E-state index in [9.17, 15) is 0 Å². The molecule has 2 aromatic rings. The van der Waals surface area contributed by atoms with Crippen molar-refractivity contribution in [2.75, 3.05) is 6.54 Å². The van der Waals surface area contributed by atoms with Crippen LogP contribution in [0.5, 0.6) is 0 Å². The maximum atomic E-state index is 5.76. The number of benzene rings is 1. The second-order valence-corrected chi connectivity index (χ2v) is 4.25. The molecule has 1 aliphatic rings. The molecule has 0 fully saturated rings. The minimum atomic E-state index is 0.504. The topological polar surface area (TPSA) is 55.9 Å². The highest BCUT2D eigenvalue weighted by atomic mass is 15.3. The van der Waals surface area contributed by atoms with Gasteiger partial charge in [-0.2, -0.15) is 5.10 Å². The number of fused-ring (bicyclic) bond motifs is 1. The maximum Gasteiger partial charge on any atom is 0.0812 e. The zero-order valence-electron chi connectivity index (χ0n) is 9.69. The molecule has 0 saturated carbocycles. The van der Waals surface area contributed by atoms with E-state index in [0.717, 1.165) is 30.9 Å². The van der Waals surface area contributed by atoms with Gasteiger partial charge in [0.2, 0.25) is 0 Å². The van der Waals surface area contributed by atoms with Crippen LogP contribution in [0.4, 0.5) is 0 Å². The van der Waals surface area contributed by atoms with Crippen LogP contribution in [0.2, 0.25) is 0 Å². The standard InChI is InChI=1S/C13H16N4/c14-8-12-11-9-15-7-6-13(11)17(16-12)10-4-2-1-3-5-10/h1-5,15H,6-9,14H2. The molecule has 4 heteroatoms. The van der Waals surface area contributed by atoms with Gasteiger partial charge in [0.1, 0.15) is 0 Å². The SMILES string of the molecule is NCc1nn(-c2ccccc2)c2c1CNCC2. The molecule has 88 valence electrons. The van der Waals surface area contributed by atoms with Gasteiger partial charge in [-0.25, -0.2) is 4.68 Å². The Hall–Kier alpha value is -1.65. The molecule has 0 spiro atoms. The van der Waals surface area contributed by atoms with Crippen LogP contribution in [0.25, 0.3) is 5.69 Å². The summed E-state index contributed by atoms with van der Waals surface area (Å²) in [6, 6.07) is 10.2. The fraction of sp³-hybridized carbons (Fsp3) is 0.308. The Morgan fingerprint density at radius 3 is 2.88 bits per heavy atom. The third kappa shape index (κ3) is 1.75. The summed E-state index contributed by atoms with van der Waals surface area (Å²) in [5.41, 5.74) is 10.5. The van der Waals surface area contributed by atoms with Crippen LogP contribution in [0.15, 0.2) is 30.3 Å². The molecule has 1 aromatic carbocycles. The zero-order chi connectivity index (χ0) is 11.7. The van der Waals surface area contributed by atoms with Crippen molar-refractivity contribution < 1.29 is 0 Å². The lowest BCUT2D eigenvalue weighted by Gasteiger charge is -2.15. The molecule has 0 atom stereocenters. The van der Waals surface area contributed by atoms with Crippen molar-refractivity contribution in [1.82, 2.24) is 15.1 Å². The van der Waals surface area contributed by atoms with Gasteiger partial charge in [-0.3, -0.25) is 0 Å². The Kier molecular flexibility index (Phi) is 2.66. The van der Waals surface area contributed by atoms with Gasteiger partial charge in [0, 0.05) is 31.6 Å². The van der Waals surface area contributed by atoms with E-state index in [4.69, 9.17) is 5.73 Å². The summed E-state index contributed by atoms with van der Waals surface area (Å²) in [6.07, 6.45) is 1.01. The van der Waals surface area contributed by atoms with E-state index in [1.165, 1.54) is 11.3 Å². The zero-order valence-corrected chi connectivity index (χ0v) is 9.69. The lowest BCUT2D eigenvalue weighted by molar-refractivity contribution is 0.621. The first kappa shape index (κ1) is 10.5. The summed E-state index contributed by atoms with van der Waals surface area (Å²) in [4.78, 5) is 0. The van der Waals surface area contributed by atoms with E-state index in [1.54, 1.807) is 0 Å². The smallest absolute Gasteiger partial charge is 0.0812 e. The van der Waals surface area contributed by atoms with Crippen molar-refractivity contribution in [3.05, 3.63) is 47.3 Å². The monoisotopic (exact) mass is 228 g/mol. The molecular formula is C13H16N4. The van der Waals surface area contributed by atoms with Gasteiger partial charge in [0.25, 0.3) is 0 Å². The van der Waals surface area contributed by atoms with Gasteiger partial charge in [0.05, 0.1) is 17.1 Å². The normalized spacial score (nSPS) is 14.6. The second kappa shape index (κ2) is 4.31. The first-order valence-electron chi connectivity index (χ1n) is 5.96. The summed E-state index contributed by atoms with van der Waals surface area (Å²) in [7, 11) is 0. The molecular weight excluding hydrogens is 212 g/mol. The van der Waals surface area contributed by atoms with Gasteiger partial charge in [0.15, 0.2) is 0 Å². The van der Waals surface area contributed by atoms with Crippen LogP contribution >= 0.6 is 0 Å². The Balaban J connectivity index is 2.14. The van der Waals surface area contributed by atoms with Gasteiger partial charge in [-0.15, -0.1) is 0 Å². The minimum Gasteiger partial charge on any atom is -0.325 e. The number of nitrogens with two attached hydrogens (primary N) is 1. The van der Waals surface area contributed by atoms with Crippen molar-refractivity contribution in [1.29, 1.82) is 0 Å². The van der Waals surface area contributed by atoms with E-state index in [2.05, 4.69) is 22.5 Å². The van der Waals surface area contributed by atoms with E-state index in [0.29, 0.717) is 6.54 Å². The van der Waals surface area contributed by atoms with E-state index < -0.39 is 0 Å². The van der Waals surface area contributed by atoms with Crippen LogP contribution in [0.3, 0.4) is 0 Å². The lowest BCUT2D eigenvalue weighted by Crippen LogP contribution is -2.25. The number of rotatable bonds is 2. The van der Waals surface area contributed by atoms with E-state index in [-0.39, 0.29) is 0 Å². The molecule has 1 aliphatic heterocycles. The summed E-state index contributed by atoms with van der Waals surface area (Å²) >= 11 is 0. The average Bonchev–Trinajstić information content (AvgIpc) is 2.78. The first-order valence-corrected chi connectivity index (χ1v) is 5.96. The minimum absolute atomic E-state index is 0.504. The van der Waals surface area contributed by atoms with Crippen molar-refractivity contribution in [2.45, 2.75) is 19.5 Å². The summed E-state index contributed by atoms with van der Waals surface area (Å²) < 4.78 is 2.04. The van der Waals surface area contributed by atoms with Crippen LogP contribution in [0, 0.1) is 0 Å². The Morgan fingerprint density at radius 1 is 1.29 bits per heavy atom. The van der Waals surface area contributed by atoms with Crippen molar-refractivity contribution in [3.8, 4) is 5.69 Å². The highest BCUT2D eigenvalue weighted by Crippen LogP contribution is 2.21. The van der Waals surface area contributed by atoms with E-state index >= 15 is 0 Å². The molecule has 2 heterocycles. The maximum absolute atomic E-state index is 5.76. The molecule has 3 rings (SSSR count). The molecule has 0 saturated heterocycles. The van der Waals surface area contributed by atoms with Gasteiger partial charge in [-0.1, -0.05) is 18.2 Å². The van der Waals surface area contributed by atoms with Crippen molar-refractivity contribution in [3.63, 3.8) is 0 Å². The number of nitrogens with zero attached hydrogens (tertiary/aromatic N) is 2. The highest BCUT2D eigenvalue weighted by molar-refractivity contribution is 5.38. The lowest BCUT2D eigenvalue weighted by atomic mass is 10.1. The van der Waals surface area contributed by atoms with Crippen molar-refractivity contribution in [2.24, 2.45) is 5.73 Å². The number of para-hydroxylation sites is 1. The summed E-state index contributed by atoms with van der Waals surface area (Å²) in [5.74, 6) is 0. The van der Waals surface area contributed by atoms with Crippen molar-refractivity contribution >= 4 is 0 Å². The summed E-state index contributed by atoms with van der Waals surface area (Å²) in [5, 5.41) is 8.00. The van der Waals surface area contributed by atoms with Crippen LogP contribution in [0.1, 0.15) is 17.0 Å². The first-order chi connectivity index (χ1) is 8.40. The Labute approximate surface area is 100 Å². The second-order valence-electron chi connectivity index (χ2n) is 4.25. The molecule has 1 aromatic heterocycles. The largest absolute Gasteiger partial charge is 0.325 e. The molecule has 0 bridgehead atoms. The molecule has 4 nitrogen and oxygen atoms in total. The molecule has 17 heavy (non-hydrogen) atoms. The fourth-order valence-electron chi connectivity index (χ4n) is 2.36. The van der Waals surface area contributed by atoms with Gasteiger partial charge < -0.3 is 11.1 Å². The molecule has 0 unspecified atom stereocenters. The molecule has 0 amide bonds. The van der Waals surface area contributed by atoms with Crippen LogP contribution in [-0.2, 0) is 19.5 Å². The quantitative estimate of drug-likeness (QED) is 0.805. The highest BCUT2D eigenvalue weighted by Gasteiger charge is 2.20. The third-order valence-electron chi connectivity index (χ3n) is 3.21. The average molecular weight is 228 g/mol. The molecule has 3 N–H and O–H groups in total. The van der Waals surface area contributed by atoms with Gasteiger partial charge >= 0.3 is 0 Å². The van der Waals surface area contributed by atoms with E-state index in [1.807, 2.05) is 22.9 Å². The fourth-order valence-corrected chi connectivity index (χ4v) is 2.36. The Bertz CT molecular complexity index is 516. The van der Waals surface area contributed by atoms with Crippen LogP contribution < -0.4 is 11.1 Å².